The van der Waals surface area contributed by atoms with Crippen LogP contribution in [0.2, 0.25) is 0 Å². The molecule has 10 nitrogen and oxygen atoms in total. The first kappa shape index (κ1) is 21.9. The van der Waals surface area contributed by atoms with E-state index in [-0.39, 0.29) is 22.7 Å². The Bertz CT molecular complexity index is 1930. The summed E-state index contributed by atoms with van der Waals surface area (Å²) in [5, 5.41) is 27.6. The number of anilines is 3. The summed E-state index contributed by atoms with van der Waals surface area (Å²) in [6.45, 7) is 0. The minimum atomic E-state index is -0.882. The van der Waals surface area contributed by atoms with E-state index in [0.717, 1.165) is 27.2 Å². The Labute approximate surface area is 214 Å². The van der Waals surface area contributed by atoms with Gasteiger partial charge in [-0.2, -0.15) is 0 Å². The molecule has 0 saturated heterocycles. The summed E-state index contributed by atoms with van der Waals surface area (Å²) in [6.07, 6.45) is -1.06. The predicted octanol–water partition coefficient (Wildman–Crippen LogP) is 1.42. The number of carbonyl (C=O) groups is 3. The minimum absolute atomic E-state index is 0.140. The van der Waals surface area contributed by atoms with Gasteiger partial charge >= 0.3 is 0 Å². The summed E-state index contributed by atoms with van der Waals surface area (Å²) in [5.74, 6) is -1.12. The number of benzene rings is 4. The standard InChI is InChI=1S/C28H20N6O4/c29-26(38)27-31-16-5-1-3-12-7-9-14(22(33-27)18(12)16)20-24(36)21(25(20)37)15-10-8-13-4-2-6-17-19(13)23(15)34-28(32-17)30-11-35/h1-11,27-28,31-33,36H,(H2,29,38)(H,30,35). The topological polar surface area (TPSA) is 158 Å². The van der Waals surface area contributed by atoms with E-state index in [4.69, 9.17) is 5.73 Å². The van der Waals surface area contributed by atoms with Crippen molar-refractivity contribution in [1.29, 1.82) is 0 Å². The van der Waals surface area contributed by atoms with Crippen LogP contribution in [0.3, 0.4) is 0 Å². The second kappa shape index (κ2) is 7.81. The third kappa shape index (κ3) is 2.94. The van der Waals surface area contributed by atoms with Gasteiger partial charge < -0.3 is 32.1 Å². The highest BCUT2D eigenvalue weighted by atomic mass is 16.3. The average Bonchev–Trinajstić information content (AvgIpc) is 2.92. The van der Waals surface area contributed by atoms with E-state index >= 15 is 0 Å². The van der Waals surface area contributed by atoms with Gasteiger partial charge in [0.25, 0.3) is 5.91 Å². The van der Waals surface area contributed by atoms with Gasteiger partial charge in [0.05, 0.1) is 22.2 Å². The molecule has 10 heteroatoms. The molecule has 2 unspecified atom stereocenters. The molecule has 2 aliphatic heterocycles. The second-order valence-corrected chi connectivity index (χ2v) is 9.27. The Kier molecular flexibility index (Phi) is 4.49. The van der Waals surface area contributed by atoms with Crippen molar-refractivity contribution >= 4 is 67.9 Å². The van der Waals surface area contributed by atoms with Crippen LogP contribution >= 0.6 is 0 Å². The molecule has 2 amide bonds. The van der Waals surface area contributed by atoms with Crippen LogP contribution in [0.15, 0.2) is 71.4 Å². The molecule has 0 fully saturated rings. The zero-order chi connectivity index (χ0) is 26.1. The molecule has 2 atom stereocenters. The summed E-state index contributed by atoms with van der Waals surface area (Å²) < 4.78 is 0. The van der Waals surface area contributed by atoms with E-state index in [2.05, 4.69) is 26.3 Å². The van der Waals surface area contributed by atoms with Crippen LogP contribution < -0.4 is 37.6 Å². The lowest BCUT2D eigenvalue weighted by Crippen LogP contribution is -2.44. The molecule has 4 aromatic rings. The van der Waals surface area contributed by atoms with Crippen molar-refractivity contribution in [1.82, 2.24) is 5.32 Å². The van der Waals surface area contributed by atoms with Gasteiger partial charge in [0.1, 0.15) is 5.76 Å². The fraction of sp³-hybridized carbons (Fsp3) is 0.0714. The van der Waals surface area contributed by atoms with E-state index < -0.39 is 18.4 Å². The average molecular weight is 505 g/mol. The molecule has 3 aliphatic rings. The SMILES string of the molecule is NC(=O)C1Nc2cccc3ccc(C4=C(O)C(=c5ccc6cccc7c6c5=NC(NC=O)N7)C4=O)c(c23)N1. The second-order valence-electron chi connectivity index (χ2n) is 9.27. The highest BCUT2D eigenvalue weighted by molar-refractivity contribution is 6.52. The number of carbonyl (C=O) groups excluding carboxylic acids is 3. The van der Waals surface area contributed by atoms with Crippen molar-refractivity contribution in [3.8, 4) is 0 Å². The summed E-state index contributed by atoms with van der Waals surface area (Å²) >= 11 is 0. The molecule has 0 aromatic heterocycles. The van der Waals surface area contributed by atoms with Gasteiger partial charge in [0.2, 0.25) is 12.2 Å². The number of amides is 2. The number of nitrogens with one attached hydrogen (secondary N) is 4. The van der Waals surface area contributed by atoms with Crippen molar-refractivity contribution < 1.29 is 19.5 Å². The largest absolute Gasteiger partial charge is 0.506 e. The first-order valence-electron chi connectivity index (χ1n) is 11.9. The molecule has 0 bridgehead atoms. The number of rotatable bonds is 4. The number of nitrogens with two attached hydrogens (primary N) is 1. The normalized spacial score (nSPS) is 20.6. The fourth-order valence-electron chi connectivity index (χ4n) is 5.51. The number of Topliss-reactive ketones (excluding diaryl/α,β-unsaturated/α-hetero) is 1. The van der Waals surface area contributed by atoms with Crippen LogP contribution in [0.4, 0.5) is 17.1 Å². The first-order valence-corrected chi connectivity index (χ1v) is 11.9. The molecule has 2 heterocycles. The van der Waals surface area contributed by atoms with Crippen molar-refractivity contribution in [3.05, 3.63) is 82.6 Å². The number of allylic oxidation sites excluding steroid dienone is 2. The molecule has 1 aliphatic carbocycles. The van der Waals surface area contributed by atoms with Crippen LogP contribution in [0.1, 0.15) is 5.56 Å². The number of nitrogens with zero attached hydrogens (tertiary/aromatic N) is 1. The quantitative estimate of drug-likeness (QED) is 0.229. The molecule has 186 valence electrons. The van der Waals surface area contributed by atoms with Crippen LogP contribution in [-0.2, 0) is 14.4 Å². The van der Waals surface area contributed by atoms with Gasteiger partial charge in [0, 0.05) is 32.9 Å². The first-order chi connectivity index (χ1) is 18.5. The van der Waals surface area contributed by atoms with Crippen LogP contribution in [0.5, 0.6) is 0 Å². The molecular weight excluding hydrogens is 484 g/mol. The molecule has 7 rings (SSSR count). The number of ketones is 1. The third-order valence-electron chi connectivity index (χ3n) is 7.18. The summed E-state index contributed by atoms with van der Waals surface area (Å²) in [7, 11) is 0. The van der Waals surface area contributed by atoms with Gasteiger partial charge in [-0.3, -0.25) is 14.4 Å². The molecule has 38 heavy (non-hydrogen) atoms. The Hall–Kier alpha value is -5.38. The number of primary amides is 1. The highest BCUT2D eigenvalue weighted by Gasteiger charge is 2.38. The Morgan fingerprint density at radius 3 is 2.34 bits per heavy atom. The van der Waals surface area contributed by atoms with Gasteiger partial charge in [-0.25, -0.2) is 4.99 Å². The molecule has 0 saturated carbocycles. The lowest BCUT2D eigenvalue weighted by molar-refractivity contribution is -0.118. The minimum Gasteiger partial charge on any atom is -0.506 e. The number of aliphatic hydroxyl groups is 1. The molecule has 0 spiro atoms. The molecule has 4 aromatic carbocycles. The maximum Gasteiger partial charge on any atom is 0.260 e. The van der Waals surface area contributed by atoms with Crippen molar-refractivity contribution in [3.63, 3.8) is 0 Å². The highest BCUT2D eigenvalue weighted by Crippen LogP contribution is 2.45. The van der Waals surface area contributed by atoms with E-state index in [0.29, 0.717) is 33.9 Å². The van der Waals surface area contributed by atoms with E-state index in [1.165, 1.54) is 0 Å². The lowest BCUT2D eigenvalue weighted by atomic mass is 9.80. The maximum absolute atomic E-state index is 13.7. The van der Waals surface area contributed by atoms with Gasteiger partial charge in [-0.15, -0.1) is 0 Å². The monoisotopic (exact) mass is 504 g/mol. The fourth-order valence-corrected chi connectivity index (χ4v) is 5.51. The molecule has 7 N–H and O–H groups in total. The number of aliphatic hydroxyl groups excluding tert-OH is 1. The zero-order valence-electron chi connectivity index (χ0n) is 19.7. The van der Waals surface area contributed by atoms with E-state index in [1.54, 1.807) is 12.1 Å². The summed E-state index contributed by atoms with van der Waals surface area (Å²) in [5.41, 5.74) is 8.32. The van der Waals surface area contributed by atoms with Crippen molar-refractivity contribution in [2.75, 3.05) is 16.0 Å². The van der Waals surface area contributed by atoms with Crippen LogP contribution in [0, 0.1) is 0 Å². The van der Waals surface area contributed by atoms with Crippen molar-refractivity contribution in [2.45, 2.75) is 12.5 Å². The van der Waals surface area contributed by atoms with Crippen LogP contribution in [-0.4, -0.2) is 35.7 Å². The van der Waals surface area contributed by atoms with E-state index in [1.807, 2.05) is 48.5 Å². The summed E-state index contributed by atoms with van der Waals surface area (Å²) in [4.78, 5) is 41.4. The third-order valence-corrected chi connectivity index (χ3v) is 7.18. The Morgan fingerprint density at radius 2 is 1.63 bits per heavy atom. The zero-order valence-corrected chi connectivity index (χ0v) is 19.7. The van der Waals surface area contributed by atoms with Crippen LogP contribution in [0.25, 0.3) is 32.7 Å². The van der Waals surface area contributed by atoms with Gasteiger partial charge in [-0.1, -0.05) is 48.5 Å². The van der Waals surface area contributed by atoms with Crippen molar-refractivity contribution in [2.24, 2.45) is 10.7 Å². The predicted molar refractivity (Wildman–Crippen MR) is 143 cm³/mol. The summed E-state index contributed by atoms with van der Waals surface area (Å²) in [6, 6.07) is 18.5. The molecule has 0 radical (unpaired) electrons. The molecular formula is C28H20N6O4. The lowest BCUT2D eigenvalue weighted by Gasteiger charge is -2.31. The Morgan fingerprint density at radius 1 is 0.921 bits per heavy atom. The van der Waals surface area contributed by atoms with Gasteiger partial charge in [-0.05, 0) is 22.9 Å². The Balaban J connectivity index is 1.48. The number of hydrogen-bond acceptors (Lipinski definition) is 8. The number of hydrogen-bond donors (Lipinski definition) is 6. The smallest absolute Gasteiger partial charge is 0.260 e. The maximum atomic E-state index is 13.7. The van der Waals surface area contributed by atoms with Gasteiger partial charge in [0.15, 0.2) is 12.5 Å². The van der Waals surface area contributed by atoms with E-state index in [9.17, 15) is 19.5 Å².